The molecule has 2 saturated heterocycles. The quantitative estimate of drug-likeness (QED) is 0.109. The molecule has 10 nitrogen and oxygen atoms in total. The third kappa shape index (κ3) is 6.09. The molecule has 8 rings (SSSR count). The summed E-state index contributed by atoms with van der Waals surface area (Å²) in [7, 11) is 2.65. The Labute approximate surface area is 333 Å². The standard InChI is InChI=1S/C43H35F6N3O7/c1-21-9-11-25(12-10-21)50-52-38(55)31-20-30-28(36(35-32(58-2)18-27(53)19-33(35)59-3)41(31,40(52)57)22-7-5-4-6-8-22)13-14-29-34(30)39(56)51(37(29)54)26-16-23(42(44,45)46)15-24(17-26)43(47,48)49/h4-13,15-19,29-31,34,36,50,53H,14,20H2,1-3H3. The number of rotatable bonds is 7. The molecule has 4 aliphatic rings. The van der Waals surface area contributed by atoms with Gasteiger partial charge in [0.2, 0.25) is 11.8 Å². The maximum Gasteiger partial charge on any atom is 0.416 e. The Morgan fingerprint density at radius 1 is 0.763 bits per heavy atom. The zero-order valence-corrected chi connectivity index (χ0v) is 31.5. The molecular weight excluding hydrogens is 784 g/mol. The van der Waals surface area contributed by atoms with Crippen molar-refractivity contribution in [2.24, 2.45) is 23.7 Å². The molecule has 2 heterocycles. The number of phenols is 1. The van der Waals surface area contributed by atoms with Crippen LogP contribution in [0.2, 0.25) is 0 Å². The maximum absolute atomic E-state index is 15.4. The van der Waals surface area contributed by atoms with Crippen molar-refractivity contribution in [3.05, 3.63) is 124 Å². The molecule has 0 spiro atoms. The van der Waals surface area contributed by atoms with E-state index in [0.29, 0.717) is 33.9 Å². The van der Waals surface area contributed by atoms with Crippen molar-refractivity contribution in [1.29, 1.82) is 0 Å². The van der Waals surface area contributed by atoms with E-state index in [1.165, 1.54) is 26.4 Å². The summed E-state index contributed by atoms with van der Waals surface area (Å²) in [5.74, 6) is -9.71. The second-order valence-corrected chi connectivity index (χ2v) is 15.1. The summed E-state index contributed by atoms with van der Waals surface area (Å²) >= 11 is 0. The van der Waals surface area contributed by atoms with E-state index in [-0.39, 0.29) is 41.7 Å². The predicted molar refractivity (Wildman–Crippen MR) is 199 cm³/mol. The largest absolute Gasteiger partial charge is 0.508 e. The Morgan fingerprint density at radius 3 is 1.92 bits per heavy atom. The fourth-order valence-corrected chi connectivity index (χ4v) is 9.59. The molecule has 2 aliphatic heterocycles. The molecule has 3 fully saturated rings. The van der Waals surface area contributed by atoms with Crippen molar-refractivity contribution in [1.82, 2.24) is 5.01 Å². The number of hydrazine groups is 1. The van der Waals surface area contributed by atoms with Gasteiger partial charge in [0.05, 0.1) is 59.9 Å². The number of benzene rings is 4. The van der Waals surface area contributed by atoms with Gasteiger partial charge in [-0.3, -0.25) is 24.6 Å². The summed E-state index contributed by atoms with van der Waals surface area (Å²) in [6, 6.07) is 18.6. The fraction of sp³-hybridized carbons (Fsp3) is 0.302. The monoisotopic (exact) mass is 819 g/mol. The number of nitrogens with one attached hydrogen (secondary N) is 1. The number of methoxy groups -OCH3 is 2. The number of phenolic OH excluding ortho intramolecular Hbond substituents is 1. The highest BCUT2D eigenvalue weighted by molar-refractivity contribution is 6.22. The number of aromatic hydroxyl groups is 1. The minimum absolute atomic E-state index is 0.0499. The van der Waals surface area contributed by atoms with Crippen LogP contribution in [0.15, 0.2) is 96.6 Å². The molecule has 16 heteroatoms. The van der Waals surface area contributed by atoms with E-state index in [9.17, 15) is 45.8 Å². The minimum atomic E-state index is -5.25. The van der Waals surface area contributed by atoms with Gasteiger partial charge in [-0.05, 0) is 61.6 Å². The molecule has 306 valence electrons. The summed E-state index contributed by atoms with van der Waals surface area (Å²) in [5.41, 5.74) is -0.808. The van der Waals surface area contributed by atoms with Gasteiger partial charge in [0.1, 0.15) is 17.2 Å². The first-order valence-electron chi connectivity index (χ1n) is 18.5. The highest BCUT2D eigenvalue weighted by Crippen LogP contribution is 2.66. The molecule has 59 heavy (non-hydrogen) atoms. The molecule has 4 amide bonds. The van der Waals surface area contributed by atoms with Crippen LogP contribution in [0.4, 0.5) is 37.7 Å². The van der Waals surface area contributed by atoms with Gasteiger partial charge in [0.25, 0.3) is 11.8 Å². The molecule has 2 N–H and O–H groups in total. The number of anilines is 2. The van der Waals surface area contributed by atoms with E-state index >= 15 is 4.79 Å². The maximum atomic E-state index is 15.4. The van der Waals surface area contributed by atoms with Crippen molar-refractivity contribution in [3.8, 4) is 17.2 Å². The van der Waals surface area contributed by atoms with Crippen molar-refractivity contribution in [2.45, 2.75) is 43.5 Å². The summed E-state index contributed by atoms with van der Waals surface area (Å²) in [6.07, 6.45) is -9.27. The van der Waals surface area contributed by atoms with E-state index in [1.807, 2.05) is 6.92 Å². The Kier molecular flexibility index (Phi) is 9.31. The van der Waals surface area contributed by atoms with Crippen LogP contribution in [0, 0.1) is 30.6 Å². The van der Waals surface area contributed by atoms with Gasteiger partial charge in [-0.15, -0.1) is 0 Å². The van der Waals surface area contributed by atoms with Crippen molar-refractivity contribution >= 4 is 35.0 Å². The van der Waals surface area contributed by atoms with Gasteiger partial charge in [-0.1, -0.05) is 59.7 Å². The smallest absolute Gasteiger partial charge is 0.416 e. The van der Waals surface area contributed by atoms with Gasteiger partial charge in [0.15, 0.2) is 0 Å². The number of nitrogens with zero attached hydrogens (tertiary/aromatic N) is 2. The molecule has 0 bridgehead atoms. The lowest BCUT2D eigenvalue weighted by Gasteiger charge is -2.51. The molecule has 2 aliphatic carbocycles. The Morgan fingerprint density at radius 2 is 1.36 bits per heavy atom. The van der Waals surface area contributed by atoms with E-state index < -0.39 is 87.8 Å². The summed E-state index contributed by atoms with van der Waals surface area (Å²) in [6.45, 7) is 1.86. The van der Waals surface area contributed by atoms with Crippen LogP contribution in [0.5, 0.6) is 17.2 Å². The number of carbonyl (C=O) groups is 4. The van der Waals surface area contributed by atoms with Crippen molar-refractivity contribution in [3.63, 3.8) is 0 Å². The normalized spacial score (nSPS) is 25.4. The van der Waals surface area contributed by atoms with Crippen LogP contribution in [-0.2, 0) is 36.9 Å². The van der Waals surface area contributed by atoms with Crippen LogP contribution in [-0.4, -0.2) is 48.0 Å². The third-order valence-electron chi connectivity index (χ3n) is 12.0. The van der Waals surface area contributed by atoms with Crippen molar-refractivity contribution in [2.75, 3.05) is 24.5 Å². The first-order chi connectivity index (χ1) is 27.9. The number of ether oxygens (including phenoxy) is 2. The van der Waals surface area contributed by atoms with E-state index in [4.69, 9.17) is 9.47 Å². The summed E-state index contributed by atoms with van der Waals surface area (Å²) in [4.78, 5) is 59.6. The number of amides is 4. The number of hydrogen-bond acceptors (Lipinski definition) is 8. The highest BCUT2D eigenvalue weighted by atomic mass is 19.4. The number of imide groups is 2. The first-order valence-corrected chi connectivity index (χ1v) is 18.5. The average molecular weight is 820 g/mol. The second-order valence-electron chi connectivity index (χ2n) is 15.1. The number of allylic oxidation sites excluding steroid dienone is 2. The van der Waals surface area contributed by atoms with E-state index in [2.05, 4.69) is 5.43 Å². The van der Waals surface area contributed by atoms with Crippen molar-refractivity contribution < 1.29 is 60.1 Å². The lowest BCUT2D eigenvalue weighted by Crippen LogP contribution is -2.53. The van der Waals surface area contributed by atoms with Crippen LogP contribution >= 0.6 is 0 Å². The molecule has 4 aromatic carbocycles. The molecule has 1 saturated carbocycles. The number of hydrogen-bond donors (Lipinski definition) is 2. The Balaban J connectivity index is 1.34. The predicted octanol–water partition coefficient (Wildman–Crippen LogP) is 7.94. The third-order valence-corrected chi connectivity index (χ3v) is 12.0. The highest BCUT2D eigenvalue weighted by Gasteiger charge is 2.71. The molecule has 4 aromatic rings. The van der Waals surface area contributed by atoms with Gasteiger partial charge in [0, 0.05) is 23.6 Å². The number of alkyl halides is 6. The Bertz CT molecular complexity index is 2380. The SMILES string of the molecule is COc1cc(O)cc(OC)c1C1C2=CCC3C(=O)N(c4cc(C(F)(F)F)cc(C(F)(F)F)c4)C(=O)C3C2CC2C(=O)N(Nc3ccc(C)cc3)C(=O)C21c1ccccc1. The van der Waals surface area contributed by atoms with Gasteiger partial charge in [-0.25, -0.2) is 4.90 Å². The number of fused-ring (bicyclic) bond motifs is 4. The van der Waals surface area contributed by atoms with E-state index in [0.717, 1.165) is 10.6 Å². The minimum Gasteiger partial charge on any atom is -0.508 e. The van der Waals surface area contributed by atoms with Gasteiger partial charge >= 0.3 is 12.4 Å². The zero-order chi connectivity index (χ0) is 42.3. The number of aryl methyl sites for hydroxylation is 1. The van der Waals surface area contributed by atoms with Crippen LogP contribution in [0.1, 0.15) is 46.6 Å². The number of carbonyl (C=O) groups excluding carboxylic acids is 4. The molecule has 6 atom stereocenters. The van der Waals surface area contributed by atoms with Crippen LogP contribution in [0.3, 0.4) is 0 Å². The molecule has 0 radical (unpaired) electrons. The first kappa shape index (κ1) is 39.5. The average Bonchev–Trinajstić information content (AvgIpc) is 3.58. The van der Waals surface area contributed by atoms with Crippen LogP contribution in [0.25, 0.3) is 0 Å². The summed E-state index contributed by atoms with van der Waals surface area (Å²) in [5, 5.41) is 11.6. The number of halogens is 6. The fourth-order valence-electron chi connectivity index (χ4n) is 9.59. The topological polar surface area (TPSA) is 125 Å². The molecular formula is C43H35F6N3O7. The van der Waals surface area contributed by atoms with Crippen LogP contribution < -0.4 is 19.8 Å². The van der Waals surface area contributed by atoms with Gasteiger partial charge in [-0.2, -0.15) is 31.4 Å². The molecule has 6 unspecified atom stereocenters. The van der Waals surface area contributed by atoms with E-state index in [1.54, 1.807) is 60.7 Å². The lowest BCUT2D eigenvalue weighted by atomic mass is 9.49. The Hall–Kier alpha value is -6.32. The summed E-state index contributed by atoms with van der Waals surface area (Å²) < 4.78 is 95.4. The molecule has 0 aromatic heterocycles. The second kappa shape index (κ2) is 13.9. The lowest BCUT2D eigenvalue weighted by molar-refractivity contribution is -0.143. The zero-order valence-electron chi connectivity index (χ0n) is 31.5. The van der Waals surface area contributed by atoms with Gasteiger partial charge < -0.3 is 14.6 Å².